The van der Waals surface area contributed by atoms with Crippen molar-refractivity contribution in [3.05, 3.63) is 90.1 Å². The Morgan fingerprint density at radius 1 is 0.921 bits per heavy atom. The molecule has 7 nitrogen and oxygen atoms in total. The topological polar surface area (TPSA) is 79.1 Å². The summed E-state index contributed by atoms with van der Waals surface area (Å²) in [5, 5.41) is 8.08. The van der Waals surface area contributed by atoms with E-state index in [0.29, 0.717) is 0 Å². The zero-order valence-corrected chi connectivity index (χ0v) is 22.0. The molecular formula is C31H32N6O. The minimum Gasteiger partial charge on any atom is -0.464 e. The fourth-order valence-corrected chi connectivity index (χ4v) is 5.04. The van der Waals surface area contributed by atoms with Gasteiger partial charge in [0.25, 0.3) is 0 Å². The Bertz CT molecular complexity index is 1570. The third kappa shape index (κ3) is 4.97. The monoisotopic (exact) mass is 504 g/mol. The number of nitrogens with one attached hydrogen (secondary N) is 2. The van der Waals surface area contributed by atoms with Crippen molar-refractivity contribution in [3.8, 4) is 22.4 Å². The Hall–Kier alpha value is -4.23. The van der Waals surface area contributed by atoms with Crippen LogP contribution in [-0.4, -0.2) is 41.1 Å². The molecular weight excluding hydrogens is 472 g/mol. The first-order valence-electron chi connectivity index (χ1n) is 13.2. The lowest BCUT2D eigenvalue weighted by Gasteiger charge is -2.28. The van der Waals surface area contributed by atoms with Crippen molar-refractivity contribution in [2.75, 3.05) is 36.4 Å². The predicted octanol–water partition coefficient (Wildman–Crippen LogP) is 6.15. The Morgan fingerprint density at radius 2 is 1.76 bits per heavy atom. The maximum atomic E-state index is 5.61. The van der Waals surface area contributed by atoms with Crippen LogP contribution in [0.3, 0.4) is 0 Å². The van der Waals surface area contributed by atoms with Crippen LogP contribution in [0.4, 0.5) is 11.6 Å². The number of aromatic nitrogens is 3. The molecule has 1 aliphatic rings. The van der Waals surface area contributed by atoms with Crippen molar-refractivity contribution in [1.82, 2.24) is 20.3 Å². The highest BCUT2D eigenvalue weighted by Crippen LogP contribution is 2.29. The molecule has 0 bridgehead atoms. The molecule has 1 saturated heterocycles. The molecule has 0 unspecified atom stereocenters. The van der Waals surface area contributed by atoms with Gasteiger partial charge in [-0.15, -0.1) is 0 Å². The lowest BCUT2D eigenvalue weighted by Crippen LogP contribution is -2.43. The zero-order valence-electron chi connectivity index (χ0n) is 22.0. The second kappa shape index (κ2) is 10.3. The highest BCUT2D eigenvalue weighted by molar-refractivity contribution is 5.85. The van der Waals surface area contributed by atoms with Gasteiger partial charge in [-0.3, -0.25) is 0 Å². The van der Waals surface area contributed by atoms with Crippen LogP contribution in [0.2, 0.25) is 0 Å². The summed E-state index contributed by atoms with van der Waals surface area (Å²) in [5.41, 5.74) is 7.38. The van der Waals surface area contributed by atoms with E-state index in [1.165, 1.54) is 5.56 Å². The summed E-state index contributed by atoms with van der Waals surface area (Å²) in [6, 6.07) is 21.2. The highest BCUT2D eigenvalue weighted by Gasteiger charge is 2.14. The van der Waals surface area contributed by atoms with E-state index >= 15 is 0 Å². The normalized spacial score (nSPS) is 14.6. The molecule has 6 rings (SSSR count). The lowest BCUT2D eigenvalue weighted by molar-refractivity contribution is 0.585. The number of aryl methyl sites for hydroxylation is 2. The van der Waals surface area contributed by atoms with Crippen molar-refractivity contribution in [2.45, 2.75) is 26.8 Å². The van der Waals surface area contributed by atoms with Gasteiger partial charge in [0.2, 0.25) is 0 Å². The summed E-state index contributed by atoms with van der Waals surface area (Å²) in [5.74, 6) is 2.57. The van der Waals surface area contributed by atoms with Gasteiger partial charge in [-0.25, -0.2) is 15.0 Å². The molecule has 4 heterocycles. The molecule has 1 atom stereocenters. The molecule has 1 fully saturated rings. The van der Waals surface area contributed by atoms with Crippen LogP contribution < -0.4 is 15.5 Å². The second-order valence-corrected chi connectivity index (χ2v) is 9.95. The van der Waals surface area contributed by atoms with E-state index in [1.807, 2.05) is 31.3 Å². The average molecular weight is 505 g/mol. The van der Waals surface area contributed by atoms with Gasteiger partial charge in [0.1, 0.15) is 23.0 Å². The summed E-state index contributed by atoms with van der Waals surface area (Å²) in [4.78, 5) is 16.5. The van der Waals surface area contributed by atoms with Crippen molar-refractivity contribution >= 4 is 22.6 Å². The lowest BCUT2D eigenvalue weighted by atomic mass is 10.0. The van der Waals surface area contributed by atoms with Gasteiger partial charge < -0.3 is 20.0 Å². The fourth-order valence-electron chi connectivity index (χ4n) is 5.04. The van der Waals surface area contributed by atoms with Gasteiger partial charge in [-0.1, -0.05) is 18.2 Å². The van der Waals surface area contributed by atoms with Gasteiger partial charge in [0, 0.05) is 61.0 Å². The maximum absolute atomic E-state index is 5.61. The van der Waals surface area contributed by atoms with Crippen molar-refractivity contribution in [1.29, 1.82) is 0 Å². The quantitative estimate of drug-likeness (QED) is 0.287. The number of fused-ring (bicyclic) bond motifs is 1. The van der Waals surface area contributed by atoms with Gasteiger partial charge in [-0.2, -0.15) is 0 Å². The number of rotatable bonds is 6. The average Bonchev–Trinajstić information content (AvgIpc) is 3.33. The third-order valence-electron chi connectivity index (χ3n) is 7.17. The van der Waals surface area contributed by atoms with E-state index in [2.05, 4.69) is 76.8 Å². The Labute approximate surface area is 223 Å². The van der Waals surface area contributed by atoms with Gasteiger partial charge in [-0.05, 0) is 73.9 Å². The summed E-state index contributed by atoms with van der Waals surface area (Å²) in [6.07, 6.45) is 3.77. The first kappa shape index (κ1) is 24.1. The molecule has 192 valence electrons. The third-order valence-corrected chi connectivity index (χ3v) is 7.17. The Kier molecular flexibility index (Phi) is 6.52. The smallest absolute Gasteiger partial charge is 0.134 e. The van der Waals surface area contributed by atoms with E-state index in [9.17, 15) is 0 Å². The molecule has 0 spiro atoms. The van der Waals surface area contributed by atoms with Crippen LogP contribution >= 0.6 is 0 Å². The van der Waals surface area contributed by atoms with Crippen LogP contribution in [-0.2, 0) is 0 Å². The molecule has 2 aromatic carbocycles. The van der Waals surface area contributed by atoms with Gasteiger partial charge in [0.05, 0.1) is 12.0 Å². The predicted molar refractivity (Wildman–Crippen MR) is 154 cm³/mol. The summed E-state index contributed by atoms with van der Waals surface area (Å²) >= 11 is 0. The summed E-state index contributed by atoms with van der Waals surface area (Å²) < 4.78 is 5.61. The Balaban J connectivity index is 1.21. The fraction of sp³-hybridized carbons (Fsp3) is 0.258. The van der Waals surface area contributed by atoms with Crippen LogP contribution in [0.25, 0.3) is 33.4 Å². The van der Waals surface area contributed by atoms with E-state index in [1.54, 1.807) is 6.26 Å². The highest BCUT2D eigenvalue weighted by atomic mass is 16.3. The molecule has 5 aromatic rings. The first-order chi connectivity index (χ1) is 18.5. The molecule has 0 amide bonds. The summed E-state index contributed by atoms with van der Waals surface area (Å²) in [6.45, 7) is 10.1. The summed E-state index contributed by atoms with van der Waals surface area (Å²) in [7, 11) is 0. The first-order valence-corrected chi connectivity index (χ1v) is 13.2. The molecule has 7 heteroatoms. The minimum absolute atomic E-state index is 0.0591. The largest absolute Gasteiger partial charge is 0.464 e. The van der Waals surface area contributed by atoms with Gasteiger partial charge in [0.15, 0.2) is 0 Å². The number of benzene rings is 2. The SMILES string of the molecule is Cc1nc(N[C@@H](C)c2cccc(-c3ccc(N4CCNCC4)nc3)c2)cc(-c2ccc3occ(C)c3c2)n1. The molecule has 38 heavy (non-hydrogen) atoms. The number of hydrogen-bond donors (Lipinski definition) is 2. The van der Waals surface area contributed by atoms with E-state index < -0.39 is 0 Å². The molecule has 2 N–H and O–H groups in total. The zero-order chi connectivity index (χ0) is 26.1. The maximum Gasteiger partial charge on any atom is 0.134 e. The number of anilines is 2. The molecule has 0 radical (unpaired) electrons. The molecule has 0 saturated carbocycles. The number of piperazine rings is 1. The number of furan rings is 1. The van der Waals surface area contributed by atoms with Crippen LogP contribution in [0.15, 0.2) is 77.5 Å². The standard InChI is InChI=1S/C31H32N6O/c1-20-19-38-29-9-7-25(16-27(20)29)28-17-30(36-22(3)35-28)34-21(2)23-5-4-6-24(15-23)26-8-10-31(33-18-26)37-13-11-32-12-14-37/h4-10,15-19,21,32H,11-14H2,1-3H3,(H,34,35,36)/t21-/m0/s1. The van der Waals surface area contributed by atoms with E-state index in [0.717, 1.165) is 82.6 Å². The number of pyridine rings is 1. The van der Waals surface area contributed by atoms with E-state index in [-0.39, 0.29) is 6.04 Å². The van der Waals surface area contributed by atoms with Gasteiger partial charge >= 0.3 is 0 Å². The number of hydrogen-bond acceptors (Lipinski definition) is 7. The van der Waals surface area contributed by atoms with Crippen molar-refractivity contribution in [3.63, 3.8) is 0 Å². The van der Waals surface area contributed by atoms with Crippen molar-refractivity contribution in [2.24, 2.45) is 0 Å². The number of nitrogens with zero attached hydrogens (tertiary/aromatic N) is 4. The second-order valence-electron chi connectivity index (χ2n) is 9.95. The van der Waals surface area contributed by atoms with Crippen LogP contribution in [0.5, 0.6) is 0 Å². The van der Waals surface area contributed by atoms with Crippen molar-refractivity contribution < 1.29 is 4.42 Å². The minimum atomic E-state index is 0.0591. The Morgan fingerprint density at radius 3 is 2.58 bits per heavy atom. The van der Waals surface area contributed by atoms with Crippen LogP contribution in [0, 0.1) is 13.8 Å². The molecule has 0 aliphatic carbocycles. The molecule has 1 aliphatic heterocycles. The van der Waals surface area contributed by atoms with Crippen LogP contribution in [0.1, 0.15) is 29.9 Å². The van der Waals surface area contributed by atoms with E-state index in [4.69, 9.17) is 14.4 Å². The molecule has 3 aromatic heterocycles.